The fourth-order valence-corrected chi connectivity index (χ4v) is 2.25. The van der Waals surface area contributed by atoms with Gasteiger partial charge in [-0.2, -0.15) is 0 Å². The predicted molar refractivity (Wildman–Crippen MR) is 82.5 cm³/mol. The lowest BCUT2D eigenvalue weighted by atomic mass is 10.1. The molecule has 2 atom stereocenters. The minimum Gasteiger partial charge on any atom is -0.389 e. The Hall–Kier alpha value is -1.42. The fourth-order valence-electron chi connectivity index (χ4n) is 2.25. The number of rotatable bonds is 6. The number of nitrogens with one attached hydrogen (secondary N) is 1. The summed E-state index contributed by atoms with van der Waals surface area (Å²) in [7, 11) is 0. The third kappa shape index (κ3) is 3.79. The summed E-state index contributed by atoms with van der Waals surface area (Å²) in [5.74, 6) is 0. The molecule has 0 heterocycles. The molecule has 0 saturated heterocycles. The van der Waals surface area contributed by atoms with Gasteiger partial charge in [-0.15, -0.1) is 0 Å². The van der Waals surface area contributed by atoms with E-state index in [-0.39, 0.29) is 12.3 Å². The zero-order valence-electron chi connectivity index (χ0n) is 12.3. The molecule has 0 fully saturated rings. The first kappa shape index (κ1) is 15.0. The molecule has 0 radical (unpaired) electrons. The fraction of sp³-hybridized carbons (Fsp3) is 0.412. The second-order valence-electron chi connectivity index (χ2n) is 5.43. The maximum atomic E-state index is 9.76. The van der Waals surface area contributed by atoms with Crippen LogP contribution in [0.4, 0.5) is 0 Å². The van der Waals surface area contributed by atoms with Gasteiger partial charge in [0, 0.05) is 6.04 Å². The normalized spacial score (nSPS) is 14.7. The molecule has 3 nitrogen and oxygen atoms in total. The maximum Gasteiger partial charge on any atom is 0.134 e. The molecule has 2 N–H and O–H groups in total. The molecule has 0 aliphatic heterocycles. The summed E-state index contributed by atoms with van der Waals surface area (Å²) in [5.41, 5.74) is 1.14. The van der Waals surface area contributed by atoms with E-state index in [2.05, 4.69) is 29.6 Å². The molecule has 0 aliphatic carbocycles. The quantitative estimate of drug-likeness (QED) is 0.795. The minimum atomic E-state index is -0.549. The third-order valence-electron chi connectivity index (χ3n) is 3.23. The molecular weight excluding hydrogens is 250 g/mol. The molecule has 20 heavy (non-hydrogen) atoms. The average Bonchev–Trinajstić information content (AvgIpc) is 2.42. The molecule has 2 unspecified atom stereocenters. The third-order valence-corrected chi connectivity index (χ3v) is 3.23. The lowest BCUT2D eigenvalue weighted by Gasteiger charge is -2.24. The van der Waals surface area contributed by atoms with Gasteiger partial charge in [-0.25, -0.2) is 0 Å². The summed E-state index contributed by atoms with van der Waals surface area (Å²) in [6.07, 6.45) is -0.902. The molecular formula is C17H23NO2. The topological polar surface area (TPSA) is 41.5 Å². The van der Waals surface area contributed by atoms with E-state index in [1.54, 1.807) is 6.92 Å². The van der Waals surface area contributed by atoms with Crippen molar-refractivity contribution in [2.75, 3.05) is 0 Å². The van der Waals surface area contributed by atoms with E-state index in [1.165, 1.54) is 10.8 Å². The van der Waals surface area contributed by atoms with E-state index in [1.807, 2.05) is 32.0 Å². The average molecular weight is 273 g/mol. The van der Waals surface area contributed by atoms with Crippen LogP contribution in [0.1, 0.15) is 26.3 Å². The smallest absolute Gasteiger partial charge is 0.134 e. The molecule has 3 heteroatoms. The highest BCUT2D eigenvalue weighted by Crippen LogP contribution is 2.19. The second kappa shape index (κ2) is 6.84. The van der Waals surface area contributed by atoms with Crippen molar-refractivity contribution < 1.29 is 9.84 Å². The Bertz CT molecular complexity index is 546. The van der Waals surface area contributed by atoms with Crippen molar-refractivity contribution in [3.63, 3.8) is 0 Å². The van der Waals surface area contributed by atoms with Crippen LogP contribution < -0.4 is 5.32 Å². The Morgan fingerprint density at radius 3 is 2.45 bits per heavy atom. The first-order chi connectivity index (χ1) is 9.58. The predicted octanol–water partition coefficient (Wildman–Crippen LogP) is 3.06. The Balaban J connectivity index is 2.11. The summed E-state index contributed by atoms with van der Waals surface area (Å²) in [4.78, 5) is 0. The summed E-state index contributed by atoms with van der Waals surface area (Å²) in [5, 5.41) is 15.4. The molecule has 108 valence electrons. The van der Waals surface area contributed by atoms with Gasteiger partial charge in [0.1, 0.15) is 6.23 Å². The van der Waals surface area contributed by atoms with E-state index >= 15 is 0 Å². The molecule has 0 aromatic heterocycles. The van der Waals surface area contributed by atoms with Gasteiger partial charge in [0.05, 0.1) is 12.7 Å². The van der Waals surface area contributed by atoms with Crippen LogP contribution in [0.3, 0.4) is 0 Å². The van der Waals surface area contributed by atoms with Crippen molar-refractivity contribution >= 4 is 10.8 Å². The van der Waals surface area contributed by atoms with Gasteiger partial charge < -0.3 is 9.84 Å². The van der Waals surface area contributed by atoms with E-state index in [4.69, 9.17) is 4.74 Å². The van der Waals surface area contributed by atoms with Crippen molar-refractivity contribution in [1.82, 2.24) is 5.32 Å². The number of hydrogen-bond donors (Lipinski definition) is 2. The molecule has 2 aromatic rings. The van der Waals surface area contributed by atoms with Crippen LogP contribution >= 0.6 is 0 Å². The second-order valence-corrected chi connectivity index (χ2v) is 5.43. The Morgan fingerprint density at radius 2 is 1.75 bits per heavy atom. The zero-order valence-corrected chi connectivity index (χ0v) is 12.3. The van der Waals surface area contributed by atoms with Crippen LogP contribution in [0, 0.1) is 0 Å². The monoisotopic (exact) mass is 273 g/mol. The standard InChI is InChI=1S/C17H23NO2/c1-12(2)18-17(13(3)19)20-11-15-9-6-8-14-7-4-5-10-16(14)15/h4-10,12-13,17-19H,11H2,1-3H3. The molecule has 2 rings (SSSR count). The van der Waals surface area contributed by atoms with Gasteiger partial charge >= 0.3 is 0 Å². The number of fused-ring (bicyclic) bond motifs is 1. The molecule has 0 spiro atoms. The molecule has 0 bridgehead atoms. The molecule has 0 aliphatic rings. The zero-order chi connectivity index (χ0) is 14.5. The molecule has 0 saturated carbocycles. The van der Waals surface area contributed by atoms with Crippen LogP contribution in [0.25, 0.3) is 10.8 Å². The molecule has 2 aromatic carbocycles. The Kier molecular flexibility index (Phi) is 5.12. The van der Waals surface area contributed by atoms with Gasteiger partial charge in [-0.05, 0) is 37.1 Å². The summed E-state index contributed by atoms with van der Waals surface area (Å²) >= 11 is 0. The number of ether oxygens (including phenoxy) is 1. The summed E-state index contributed by atoms with van der Waals surface area (Å²) in [6, 6.07) is 14.7. The van der Waals surface area contributed by atoms with Crippen LogP contribution in [0.2, 0.25) is 0 Å². The highest BCUT2D eigenvalue weighted by Gasteiger charge is 2.16. The largest absolute Gasteiger partial charge is 0.389 e. The number of aliphatic hydroxyl groups is 1. The number of aliphatic hydroxyl groups excluding tert-OH is 1. The van der Waals surface area contributed by atoms with Crippen LogP contribution in [0.5, 0.6) is 0 Å². The van der Waals surface area contributed by atoms with Crippen molar-refractivity contribution in [2.24, 2.45) is 0 Å². The van der Waals surface area contributed by atoms with E-state index in [0.717, 1.165) is 5.56 Å². The maximum absolute atomic E-state index is 9.76. The van der Waals surface area contributed by atoms with Crippen molar-refractivity contribution in [3.05, 3.63) is 48.0 Å². The molecule has 0 amide bonds. The lowest BCUT2D eigenvalue weighted by molar-refractivity contribution is -0.0603. The lowest BCUT2D eigenvalue weighted by Crippen LogP contribution is -2.44. The first-order valence-corrected chi connectivity index (χ1v) is 7.10. The Labute approximate surface area is 120 Å². The summed E-state index contributed by atoms with van der Waals surface area (Å²) < 4.78 is 5.85. The first-order valence-electron chi connectivity index (χ1n) is 7.10. The number of benzene rings is 2. The van der Waals surface area contributed by atoms with Gasteiger partial charge in [0.15, 0.2) is 0 Å². The van der Waals surface area contributed by atoms with Crippen molar-refractivity contribution in [3.8, 4) is 0 Å². The Morgan fingerprint density at radius 1 is 1.05 bits per heavy atom. The SMILES string of the molecule is CC(C)NC(OCc1cccc2ccccc12)C(C)O. The summed E-state index contributed by atoms with van der Waals surface area (Å²) in [6.45, 7) is 6.30. The van der Waals surface area contributed by atoms with E-state index in [9.17, 15) is 5.11 Å². The highest BCUT2D eigenvalue weighted by molar-refractivity contribution is 5.85. The van der Waals surface area contributed by atoms with Crippen LogP contribution in [0.15, 0.2) is 42.5 Å². The van der Waals surface area contributed by atoms with Crippen LogP contribution in [-0.4, -0.2) is 23.5 Å². The highest BCUT2D eigenvalue weighted by atomic mass is 16.5. The van der Waals surface area contributed by atoms with Crippen molar-refractivity contribution in [2.45, 2.75) is 45.8 Å². The minimum absolute atomic E-state index is 0.266. The van der Waals surface area contributed by atoms with E-state index < -0.39 is 6.10 Å². The van der Waals surface area contributed by atoms with Gasteiger partial charge in [0.2, 0.25) is 0 Å². The van der Waals surface area contributed by atoms with Crippen molar-refractivity contribution in [1.29, 1.82) is 0 Å². The van der Waals surface area contributed by atoms with Gasteiger partial charge in [0.25, 0.3) is 0 Å². The van der Waals surface area contributed by atoms with E-state index in [0.29, 0.717) is 6.61 Å². The number of hydrogen-bond acceptors (Lipinski definition) is 3. The van der Waals surface area contributed by atoms with Crippen LogP contribution in [-0.2, 0) is 11.3 Å². The van der Waals surface area contributed by atoms with Gasteiger partial charge in [-0.1, -0.05) is 42.5 Å². The van der Waals surface area contributed by atoms with Gasteiger partial charge in [-0.3, -0.25) is 5.32 Å².